The zero-order valence-corrected chi connectivity index (χ0v) is 16.1. The molecule has 2 rings (SSSR count). The van der Waals surface area contributed by atoms with E-state index in [1.54, 1.807) is 0 Å². The van der Waals surface area contributed by atoms with Gasteiger partial charge in [0.1, 0.15) is 0 Å². The average Bonchev–Trinajstić information content (AvgIpc) is 2.35. The van der Waals surface area contributed by atoms with E-state index in [0.29, 0.717) is 5.56 Å². The predicted octanol–water partition coefficient (Wildman–Crippen LogP) is 2.52. The second kappa shape index (κ2) is 9.17. The van der Waals surface area contributed by atoms with E-state index in [0.717, 1.165) is 30.2 Å². The largest absolute Gasteiger partial charge is 0.366 e. The number of carbonyl (C=O) groups is 1. The van der Waals surface area contributed by atoms with Gasteiger partial charge in [-0.1, -0.05) is 43.7 Å². The molecule has 0 aliphatic carbocycles. The van der Waals surface area contributed by atoms with Crippen LogP contribution in [0.3, 0.4) is 0 Å². The molecule has 1 amide bonds. The van der Waals surface area contributed by atoms with Gasteiger partial charge in [0.25, 0.3) is 0 Å². The van der Waals surface area contributed by atoms with Gasteiger partial charge in [-0.25, -0.2) is 0 Å². The van der Waals surface area contributed by atoms with E-state index in [9.17, 15) is 4.79 Å². The summed E-state index contributed by atoms with van der Waals surface area (Å²) < 4.78 is 0. The van der Waals surface area contributed by atoms with Gasteiger partial charge in [0, 0.05) is 64.7 Å². The molecular weight excluding hydrogens is 256 g/mol. The monoisotopic (exact) mass is 273 g/mol. The molecule has 0 heterocycles. The summed E-state index contributed by atoms with van der Waals surface area (Å²) in [4.78, 5) is 11.5. The normalized spacial score (nSPS) is 9.53. The van der Waals surface area contributed by atoms with Crippen molar-refractivity contribution in [3.8, 4) is 0 Å². The fraction of sp³-hybridized carbons (Fsp3) is 0.267. The minimum Gasteiger partial charge on any atom is -0.366 e. The van der Waals surface area contributed by atoms with Gasteiger partial charge in [-0.05, 0) is 35.2 Å². The molecule has 90 valence electrons. The third-order valence-electron chi connectivity index (χ3n) is 3.09. The van der Waals surface area contributed by atoms with E-state index in [1.807, 2.05) is 24.3 Å². The van der Waals surface area contributed by atoms with Gasteiger partial charge >= 0.3 is 0 Å². The van der Waals surface area contributed by atoms with Gasteiger partial charge in [-0.15, -0.1) is 0 Å². The summed E-state index contributed by atoms with van der Waals surface area (Å²) in [6.07, 6.45) is 3.10. The third kappa shape index (κ3) is 4.59. The Morgan fingerprint density at radius 2 is 1.79 bits per heavy atom. The summed E-state index contributed by atoms with van der Waals surface area (Å²) in [7, 11) is 0. The molecule has 0 unspecified atom stereocenters. The van der Waals surface area contributed by atoms with Crippen LogP contribution in [0.25, 0.3) is 10.8 Å². The van der Waals surface area contributed by atoms with Crippen molar-refractivity contribution in [2.24, 2.45) is 5.73 Å². The van der Waals surface area contributed by atoms with E-state index in [1.165, 1.54) is 5.39 Å². The second-order valence-corrected chi connectivity index (χ2v) is 4.28. The Balaban J connectivity index is 0.00000162. The molecule has 4 heteroatoms. The first-order valence-corrected chi connectivity index (χ1v) is 6.04. The SMILES string of the molecule is CCCCc1c(C(N)=O)ccc2ccccc12.[Na].[Na]. The van der Waals surface area contributed by atoms with Gasteiger partial charge in [-0.2, -0.15) is 0 Å². The summed E-state index contributed by atoms with van der Waals surface area (Å²) in [6.45, 7) is 2.15. The Morgan fingerprint density at radius 1 is 1.11 bits per heavy atom. The second-order valence-electron chi connectivity index (χ2n) is 4.28. The van der Waals surface area contributed by atoms with E-state index in [-0.39, 0.29) is 65.0 Å². The van der Waals surface area contributed by atoms with Crippen molar-refractivity contribution in [2.75, 3.05) is 0 Å². The molecule has 2 N–H and O–H groups in total. The number of hydrogen-bond acceptors (Lipinski definition) is 1. The maximum absolute atomic E-state index is 11.5. The fourth-order valence-corrected chi connectivity index (χ4v) is 2.19. The average molecular weight is 273 g/mol. The topological polar surface area (TPSA) is 43.1 Å². The van der Waals surface area contributed by atoms with Crippen LogP contribution >= 0.6 is 0 Å². The van der Waals surface area contributed by atoms with Gasteiger partial charge in [-0.3, -0.25) is 4.79 Å². The van der Waals surface area contributed by atoms with Gasteiger partial charge in [0.05, 0.1) is 0 Å². The molecule has 0 bridgehead atoms. The minimum atomic E-state index is -0.332. The summed E-state index contributed by atoms with van der Waals surface area (Å²) in [5.74, 6) is -0.332. The zero-order valence-electron chi connectivity index (χ0n) is 12.1. The van der Waals surface area contributed by atoms with Crippen molar-refractivity contribution in [2.45, 2.75) is 26.2 Å². The molecule has 0 saturated carbocycles. The molecule has 0 aliphatic heterocycles. The maximum atomic E-state index is 11.5. The Morgan fingerprint density at radius 3 is 2.42 bits per heavy atom. The molecule has 0 atom stereocenters. The van der Waals surface area contributed by atoms with Crippen LogP contribution in [0, 0.1) is 0 Å². The van der Waals surface area contributed by atoms with E-state index in [4.69, 9.17) is 5.73 Å². The summed E-state index contributed by atoms with van der Waals surface area (Å²) in [6, 6.07) is 11.9. The number of primary amides is 1. The molecule has 0 spiro atoms. The first-order valence-electron chi connectivity index (χ1n) is 6.04. The summed E-state index contributed by atoms with van der Waals surface area (Å²) in [5, 5.41) is 2.32. The maximum Gasteiger partial charge on any atom is 0.248 e. The number of carbonyl (C=O) groups excluding carboxylic acids is 1. The number of unbranched alkanes of at least 4 members (excludes halogenated alkanes) is 1. The number of hydrogen-bond donors (Lipinski definition) is 1. The van der Waals surface area contributed by atoms with Crippen LogP contribution in [-0.2, 0) is 6.42 Å². The summed E-state index contributed by atoms with van der Waals surface area (Å²) in [5.41, 5.74) is 7.20. The van der Waals surface area contributed by atoms with Gasteiger partial charge in [0.2, 0.25) is 5.91 Å². The molecule has 0 aromatic heterocycles. The Hall–Kier alpha value is 0.170. The van der Waals surface area contributed by atoms with Crippen molar-refractivity contribution in [1.29, 1.82) is 0 Å². The molecule has 19 heavy (non-hydrogen) atoms. The van der Waals surface area contributed by atoms with Gasteiger partial charge in [0.15, 0.2) is 0 Å². The Labute approximate surface area is 158 Å². The van der Waals surface area contributed by atoms with E-state index < -0.39 is 0 Å². The number of fused-ring (bicyclic) bond motifs is 1. The van der Waals surface area contributed by atoms with Crippen molar-refractivity contribution in [1.82, 2.24) is 0 Å². The van der Waals surface area contributed by atoms with Crippen molar-refractivity contribution >= 4 is 75.8 Å². The van der Waals surface area contributed by atoms with Crippen LogP contribution < -0.4 is 5.73 Å². The number of rotatable bonds is 4. The first-order chi connectivity index (χ1) is 8.24. The zero-order chi connectivity index (χ0) is 12.3. The quantitative estimate of drug-likeness (QED) is 0.855. The standard InChI is InChI=1S/C15H17NO.2Na/c1-2-3-7-13-12-8-5-4-6-11(12)9-10-14(13)15(16)17;;/h4-6,8-10H,2-3,7H2,1H3,(H2,16,17);;. The molecule has 2 aromatic carbocycles. The van der Waals surface area contributed by atoms with Gasteiger partial charge < -0.3 is 5.73 Å². The molecule has 2 radical (unpaired) electrons. The Bertz CT molecular complexity index is 555. The molecule has 2 nitrogen and oxygen atoms in total. The molecule has 2 aromatic rings. The van der Waals surface area contributed by atoms with E-state index >= 15 is 0 Å². The van der Waals surface area contributed by atoms with Crippen molar-refractivity contribution in [3.05, 3.63) is 47.5 Å². The van der Waals surface area contributed by atoms with Crippen LogP contribution in [0.15, 0.2) is 36.4 Å². The molecular formula is C15H17NNa2O. The molecule has 0 aliphatic rings. The number of amides is 1. The van der Waals surface area contributed by atoms with Crippen LogP contribution in [0.5, 0.6) is 0 Å². The van der Waals surface area contributed by atoms with Crippen molar-refractivity contribution in [3.63, 3.8) is 0 Å². The fourth-order valence-electron chi connectivity index (χ4n) is 2.19. The molecule has 0 fully saturated rings. The smallest absolute Gasteiger partial charge is 0.248 e. The summed E-state index contributed by atoms with van der Waals surface area (Å²) >= 11 is 0. The minimum absolute atomic E-state index is 0. The first kappa shape index (κ1) is 19.2. The third-order valence-corrected chi connectivity index (χ3v) is 3.09. The van der Waals surface area contributed by atoms with E-state index in [2.05, 4.69) is 19.1 Å². The number of benzene rings is 2. The van der Waals surface area contributed by atoms with Crippen LogP contribution in [-0.4, -0.2) is 65.0 Å². The van der Waals surface area contributed by atoms with Crippen LogP contribution in [0.2, 0.25) is 0 Å². The number of aryl methyl sites for hydroxylation is 1. The van der Waals surface area contributed by atoms with Crippen LogP contribution in [0.4, 0.5) is 0 Å². The predicted molar refractivity (Wildman–Crippen MR) is 82.6 cm³/mol. The molecule has 0 saturated heterocycles. The van der Waals surface area contributed by atoms with Crippen LogP contribution in [0.1, 0.15) is 35.7 Å². The number of nitrogens with two attached hydrogens (primary N) is 1. The Kier molecular flexibility index (Phi) is 9.25. The van der Waals surface area contributed by atoms with Crippen molar-refractivity contribution < 1.29 is 4.79 Å².